The molecule has 2 heterocycles. The molecule has 13 heteroatoms. The minimum Gasteiger partial charge on any atom is -0.447 e. The van der Waals surface area contributed by atoms with Gasteiger partial charge in [-0.15, -0.1) is 10.2 Å². The van der Waals surface area contributed by atoms with Crippen LogP contribution >= 0.6 is 0 Å². The van der Waals surface area contributed by atoms with Gasteiger partial charge in [0, 0.05) is 26.8 Å². The molecule has 1 aromatic carbocycles. The lowest BCUT2D eigenvalue weighted by molar-refractivity contribution is -0.165. The maximum absolute atomic E-state index is 13.6. The lowest BCUT2D eigenvalue weighted by Gasteiger charge is -2.28. The van der Waals surface area contributed by atoms with Gasteiger partial charge in [0.25, 0.3) is 5.56 Å². The molecule has 1 aliphatic carbocycles. The second-order valence-electron chi connectivity index (χ2n) is 10.4. The Labute approximate surface area is 235 Å². The minimum atomic E-state index is -1.29. The van der Waals surface area contributed by atoms with E-state index < -0.39 is 40.9 Å². The number of Topliss-reactive ketones (excluding diaryl/α,β-unsaturated/α-hetero) is 1. The van der Waals surface area contributed by atoms with Crippen molar-refractivity contribution < 1.29 is 32.7 Å². The van der Waals surface area contributed by atoms with Gasteiger partial charge in [-0.3, -0.25) is 23.7 Å². The molecule has 0 saturated heterocycles. The average molecular weight is 570 g/mol. The number of rotatable bonds is 12. The number of hydrogen-bond donors (Lipinski definition) is 1. The molecule has 218 valence electrons. The highest BCUT2D eigenvalue weighted by Crippen LogP contribution is 2.31. The molecule has 0 spiro atoms. The molecule has 4 rings (SSSR count). The smallest absolute Gasteiger partial charge is 0.312 e. The number of amides is 1. The fraction of sp³-hybridized carbons (Fsp3) is 0.464. The molecule has 0 bridgehead atoms. The fourth-order valence-corrected chi connectivity index (χ4v) is 4.11. The van der Waals surface area contributed by atoms with Crippen molar-refractivity contribution in [1.82, 2.24) is 25.1 Å². The van der Waals surface area contributed by atoms with Crippen molar-refractivity contribution in [1.29, 1.82) is 0 Å². The molecule has 1 aliphatic rings. The first-order chi connectivity index (χ1) is 19.4. The molecule has 2 aromatic heterocycles. The first-order valence-electron chi connectivity index (χ1n) is 13.3. The summed E-state index contributed by atoms with van der Waals surface area (Å²) in [5.41, 5.74) is -1.57. The van der Waals surface area contributed by atoms with Crippen LogP contribution in [0.15, 0.2) is 33.5 Å². The number of benzene rings is 1. The summed E-state index contributed by atoms with van der Waals surface area (Å²) >= 11 is 0. The number of ether oxygens (including phenoxy) is 2. The highest BCUT2D eigenvalue weighted by molar-refractivity contribution is 5.97. The van der Waals surface area contributed by atoms with Gasteiger partial charge >= 0.3 is 17.8 Å². The highest BCUT2D eigenvalue weighted by Gasteiger charge is 2.36. The summed E-state index contributed by atoms with van der Waals surface area (Å²) in [7, 11) is 1.42. The lowest BCUT2D eigenvalue weighted by atomic mass is 10.0. The Bertz CT molecular complexity index is 1510. The molecule has 41 heavy (non-hydrogen) atoms. The number of carbonyl (C=O) groups excluding carboxylic acids is 3. The van der Waals surface area contributed by atoms with E-state index in [-0.39, 0.29) is 54.2 Å². The Morgan fingerprint density at radius 3 is 2.46 bits per heavy atom. The molecule has 3 aromatic rings. The largest absolute Gasteiger partial charge is 0.447 e. The van der Waals surface area contributed by atoms with Crippen LogP contribution in [0.4, 0.5) is 4.39 Å². The second-order valence-corrected chi connectivity index (χ2v) is 10.4. The van der Waals surface area contributed by atoms with Crippen LogP contribution in [0.1, 0.15) is 84.9 Å². The van der Waals surface area contributed by atoms with E-state index >= 15 is 0 Å². The molecule has 12 nitrogen and oxygen atoms in total. The summed E-state index contributed by atoms with van der Waals surface area (Å²) < 4.78 is 30.9. The Morgan fingerprint density at radius 2 is 1.88 bits per heavy atom. The van der Waals surface area contributed by atoms with Gasteiger partial charge in [0.15, 0.2) is 11.5 Å². The van der Waals surface area contributed by atoms with Crippen LogP contribution in [0.5, 0.6) is 5.75 Å². The maximum Gasteiger partial charge on any atom is 0.312 e. The standard InChI is InChI=1S/C28H32FN5O7/c1-6-20(41-26(38)17-10-11-17)40-22-21(19(35)14-9-16-7-12-18(29)13-8-16)30-27(34(5)25(22)37)28(3,4)31-23(36)24-33-32-15(2)39-24/h7-8,12-13,17,20H,6,9-11,14H2,1-5H3,(H,31,36). The van der Waals surface area contributed by atoms with Crippen LogP contribution in [0.25, 0.3) is 0 Å². The van der Waals surface area contributed by atoms with Crippen molar-refractivity contribution in [2.24, 2.45) is 13.0 Å². The molecule has 1 saturated carbocycles. The fourth-order valence-electron chi connectivity index (χ4n) is 4.11. The molecular weight excluding hydrogens is 537 g/mol. The van der Waals surface area contributed by atoms with E-state index in [1.54, 1.807) is 32.9 Å². The minimum absolute atomic E-state index is 0.0487. The van der Waals surface area contributed by atoms with Gasteiger partial charge in [0.2, 0.25) is 17.9 Å². The number of halogens is 1. The van der Waals surface area contributed by atoms with Gasteiger partial charge in [0.1, 0.15) is 11.6 Å². The van der Waals surface area contributed by atoms with Crippen LogP contribution in [0.2, 0.25) is 0 Å². The summed E-state index contributed by atoms with van der Waals surface area (Å²) in [6, 6.07) is 5.70. The average Bonchev–Trinajstić information content (AvgIpc) is 3.69. The zero-order valence-corrected chi connectivity index (χ0v) is 23.5. The van der Waals surface area contributed by atoms with Crippen molar-refractivity contribution in [3.05, 3.63) is 69.3 Å². The summed E-state index contributed by atoms with van der Waals surface area (Å²) in [6.45, 7) is 6.43. The molecule has 0 aliphatic heterocycles. The van der Waals surface area contributed by atoms with Gasteiger partial charge in [-0.1, -0.05) is 19.1 Å². The topological polar surface area (TPSA) is 156 Å². The van der Waals surface area contributed by atoms with E-state index in [4.69, 9.17) is 13.9 Å². The zero-order valence-electron chi connectivity index (χ0n) is 23.5. The Balaban J connectivity index is 1.68. The van der Waals surface area contributed by atoms with E-state index in [2.05, 4.69) is 20.5 Å². The van der Waals surface area contributed by atoms with E-state index in [1.807, 2.05) is 0 Å². The van der Waals surface area contributed by atoms with E-state index in [1.165, 1.54) is 26.1 Å². The quantitative estimate of drug-likeness (QED) is 0.195. The van der Waals surface area contributed by atoms with Crippen molar-refractivity contribution in [3.8, 4) is 5.75 Å². The molecule has 1 amide bonds. The van der Waals surface area contributed by atoms with Crippen molar-refractivity contribution in [2.45, 2.75) is 71.6 Å². The van der Waals surface area contributed by atoms with Crippen molar-refractivity contribution in [3.63, 3.8) is 0 Å². The number of hydrogen-bond acceptors (Lipinski definition) is 10. The van der Waals surface area contributed by atoms with E-state index in [0.717, 1.165) is 17.4 Å². The van der Waals surface area contributed by atoms with E-state index in [9.17, 15) is 23.6 Å². The first-order valence-corrected chi connectivity index (χ1v) is 13.3. The van der Waals surface area contributed by atoms with Crippen LogP contribution < -0.4 is 15.6 Å². The van der Waals surface area contributed by atoms with Crippen molar-refractivity contribution in [2.75, 3.05) is 0 Å². The van der Waals surface area contributed by atoms with Crippen LogP contribution in [-0.4, -0.2) is 43.7 Å². The molecule has 1 unspecified atom stereocenters. The van der Waals surface area contributed by atoms with Crippen LogP contribution in [0, 0.1) is 18.7 Å². The molecule has 1 N–H and O–H groups in total. The highest BCUT2D eigenvalue weighted by atomic mass is 19.1. The van der Waals surface area contributed by atoms with Crippen LogP contribution in [0.3, 0.4) is 0 Å². The third-order valence-electron chi connectivity index (χ3n) is 6.51. The monoisotopic (exact) mass is 569 g/mol. The van der Waals surface area contributed by atoms with Gasteiger partial charge in [-0.05, 0) is 50.8 Å². The maximum atomic E-state index is 13.6. The van der Waals surface area contributed by atoms with Gasteiger partial charge < -0.3 is 19.2 Å². The normalized spacial score (nSPS) is 13.9. The van der Waals surface area contributed by atoms with Crippen LogP contribution in [-0.2, 0) is 28.5 Å². The molecular formula is C28H32FN5O7. The number of aromatic nitrogens is 4. The third-order valence-corrected chi connectivity index (χ3v) is 6.51. The molecule has 1 atom stereocenters. The number of ketones is 1. The molecule has 0 radical (unpaired) electrons. The Morgan fingerprint density at radius 1 is 1.20 bits per heavy atom. The van der Waals surface area contributed by atoms with Gasteiger partial charge in [-0.25, -0.2) is 9.37 Å². The summed E-state index contributed by atoms with van der Waals surface area (Å²) in [5.74, 6) is -2.66. The number of nitrogens with zero attached hydrogens (tertiary/aromatic N) is 4. The Kier molecular flexibility index (Phi) is 8.64. The second kappa shape index (κ2) is 12.0. The van der Waals surface area contributed by atoms with E-state index in [0.29, 0.717) is 5.56 Å². The lowest BCUT2D eigenvalue weighted by Crippen LogP contribution is -2.46. The summed E-state index contributed by atoms with van der Waals surface area (Å²) in [6.07, 6.45) is 0.733. The molecule has 1 fully saturated rings. The Hall–Kier alpha value is -4.42. The zero-order chi connectivity index (χ0) is 29.9. The SMILES string of the molecule is CCC(OC(=O)C1CC1)Oc1c(C(=O)CCc2ccc(F)cc2)nc(C(C)(C)NC(=O)c2nnc(C)o2)n(C)c1=O. The van der Waals surface area contributed by atoms with Gasteiger partial charge in [0.05, 0.1) is 11.5 Å². The number of esters is 1. The summed E-state index contributed by atoms with van der Waals surface area (Å²) in [4.78, 5) is 56.7. The number of carbonyl (C=O) groups is 3. The predicted octanol–water partition coefficient (Wildman–Crippen LogP) is 3.16. The third kappa shape index (κ3) is 7.02. The first kappa shape index (κ1) is 29.6. The number of aryl methyl sites for hydroxylation is 2. The van der Waals surface area contributed by atoms with Gasteiger partial charge in [-0.2, -0.15) is 0 Å². The number of nitrogens with one attached hydrogen (secondary N) is 1. The van der Waals surface area contributed by atoms with Crippen molar-refractivity contribution >= 4 is 17.7 Å². The summed E-state index contributed by atoms with van der Waals surface area (Å²) in [5, 5.41) is 10.1. The predicted molar refractivity (Wildman–Crippen MR) is 142 cm³/mol.